The van der Waals surface area contributed by atoms with Crippen LogP contribution in [0.3, 0.4) is 0 Å². The Morgan fingerprint density at radius 2 is 1.84 bits per heavy atom. The van der Waals surface area contributed by atoms with Crippen LogP contribution in [-0.2, 0) is 5.41 Å². The zero-order valence-electron chi connectivity index (χ0n) is 15.2. The van der Waals surface area contributed by atoms with Gasteiger partial charge < -0.3 is 10.2 Å². The first kappa shape index (κ1) is 17.6. The fourth-order valence-electron chi connectivity index (χ4n) is 4.59. The number of nitrogens with zero attached hydrogens (tertiary/aromatic N) is 1. The number of aromatic hydroxyl groups is 2. The number of hydrogen-bond acceptors (Lipinski definition) is 3. The third-order valence-corrected chi connectivity index (χ3v) is 6.07. The molecule has 25 heavy (non-hydrogen) atoms. The maximum atomic E-state index is 10.8. The molecule has 2 atom stereocenters. The standard InChI is InChI=1S/C22H27NO2/c1-14(2)17-7-6-15(3)10-18(17)21-19(24)11-16(12-20(21)25)22(13-23)8-4-5-9-22/h10-12,17-18,24-25H,1,4-9H2,2-3H3/t17?,18-/m1/s1. The molecule has 0 saturated heterocycles. The number of phenolic OH excluding ortho intramolecular Hbond substituents is 2. The molecular weight excluding hydrogens is 310 g/mol. The zero-order valence-corrected chi connectivity index (χ0v) is 15.2. The minimum absolute atomic E-state index is 0.0677. The largest absolute Gasteiger partial charge is 0.507 e. The van der Waals surface area contributed by atoms with Crippen molar-refractivity contribution in [2.75, 3.05) is 0 Å². The van der Waals surface area contributed by atoms with Gasteiger partial charge in [0.25, 0.3) is 0 Å². The Hall–Kier alpha value is -2.21. The van der Waals surface area contributed by atoms with Crippen LogP contribution < -0.4 is 0 Å². The molecule has 3 heteroatoms. The van der Waals surface area contributed by atoms with Gasteiger partial charge in [0, 0.05) is 11.5 Å². The van der Waals surface area contributed by atoms with E-state index in [4.69, 9.17) is 0 Å². The fourth-order valence-corrected chi connectivity index (χ4v) is 4.59. The summed E-state index contributed by atoms with van der Waals surface area (Å²) in [6.45, 7) is 8.21. The van der Waals surface area contributed by atoms with E-state index in [9.17, 15) is 15.5 Å². The monoisotopic (exact) mass is 337 g/mol. The average Bonchev–Trinajstić information content (AvgIpc) is 3.04. The molecule has 132 valence electrons. The fraction of sp³-hybridized carbons (Fsp3) is 0.500. The van der Waals surface area contributed by atoms with Crippen molar-refractivity contribution in [1.82, 2.24) is 0 Å². The van der Waals surface area contributed by atoms with Gasteiger partial charge in [0.1, 0.15) is 11.5 Å². The van der Waals surface area contributed by atoms with Gasteiger partial charge in [-0.25, -0.2) is 0 Å². The molecule has 2 N–H and O–H groups in total. The van der Waals surface area contributed by atoms with Crippen molar-refractivity contribution >= 4 is 0 Å². The summed E-state index contributed by atoms with van der Waals surface area (Å²) in [6, 6.07) is 5.84. The molecule has 3 rings (SSSR count). The van der Waals surface area contributed by atoms with Crippen molar-refractivity contribution < 1.29 is 10.2 Å². The van der Waals surface area contributed by atoms with Crippen LogP contribution >= 0.6 is 0 Å². The lowest BCUT2D eigenvalue weighted by Crippen LogP contribution is -2.20. The molecular formula is C22H27NO2. The van der Waals surface area contributed by atoms with Crippen molar-refractivity contribution in [3.05, 3.63) is 47.1 Å². The first-order valence-corrected chi connectivity index (χ1v) is 9.18. The van der Waals surface area contributed by atoms with Crippen LogP contribution in [0.15, 0.2) is 35.9 Å². The van der Waals surface area contributed by atoms with Crippen molar-refractivity contribution in [2.24, 2.45) is 5.92 Å². The quantitative estimate of drug-likeness (QED) is 0.721. The predicted molar refractivity (Wildman–Crippen MR) is 99.6 cm³/mol. The smallest absolute Gasteiger partial charge is 0.123 e. The number of hydrogen-bond donors (Lipinski definition) is 2. The molecule has 2 aliphatic carbocycles. The Kier molecular flexibility index (Phi) is 4.64. The third kappa shape index (κ3) is 3.06. The Labute approximate surface area is 150 Å². The molecule has 0 aromatic heterocycles. The average molecular weight is 337 g/mol. The highest BCUT2D eigenvalue weighted by Crippen LogP contribution is 2.49. The zero-order chi connectivity index (χ0) is 18.2. The number of allylic oxidation sites excluding steroid dienone is 3. The molecule has 1 fully saturated rings. The second-order valence-electron chi connectivity index (χ2n) is 7.86. The Morgan fingerprint density at radius 1 is 1.24 bits per heavy atom. The van der Waals surface area contributed by atoms with Gasteiger partial charge >= 0.3 is 0 Å². The summed E-state index contributed by atoms with van der Waals surface area (Å²) in [5, 5.41) is 31.2. The number of benzene rings is 1. The first-order chi connectivity index (χ1) is 11.9. The third-order valence-electron chi connectivity index (χ3n) is 6.07. The van der Waals surface area contributed by atoms with Crippen molar-refractivity contribution in [3.8, 4) is 17.6 Å². The Bertz CT molecular complexity index is 740. The van der Waals surface area contributed by atoms with Crippen LogP contribution in [0.25, 0.3) is 0 Å². The molecule has 3 nitrogen and oxygen atoms in total. The molecule has 0 amide bonds. The Balaban J connectivity index is 2.08. The van der Waals surface area contributed by atoms with Crippen molar-refractivity contribution in [1.29, 1.82) is 5.26 Å². The molecule has 1 unspecified atom stereocenters. The highest BCUT2D eigenvalue weighted by molar-refractivity contribution is 5.54. The van der Waals surface area contributed by atoms with Gasteiger partial charge in [-0.05, 0) is 63.1 Å². The Morgan fingerprint density at radius 3 is 2.36 bits per heavy atom. The molecule has 0 bridgehead atoms. The number of nitriles is 1. The van der Waals surface area contributed by atoms with E-state index in [2.05, 4.69) is 25.6 Å². The number of phenols is 2. The van der Waals surface area contributed by atoms with E-state index >= 15 is 0 Å². The van der Waals surface area contributed by atoms with E-state index in [-0.39, 0.29) is 23.3 Å². The predicted octanol–water partition coefficient (Wildman–Crippen LogP) is 5.45. The van der Waals surface area contributed by atoms with Crippen molar-refractivity contribution in [2.45, 2.75) is 63.7 Å². The maximum absolute atomic E-state index is 10.8. The van der Waals surface area contributed by atoms with Gasteiger partial charge in [0.15, 0.2) is 0 Å². The SMILES string of the molecule is C=C(C)C1CCC(C)=C[C@H]1c1c(O)cc(C2(C#N)CCCC2)cc1O. The van der Waals surface area contributed by atoms with Crippen LogP contribution in [0, 0.1) is 17.2 Å². The number of rotatable bonds is 3. The second-order valence-corrected chi connectivity index (χ2v) is 7.86. The van der Waals surface area contributed by atoms with Crippen LogP contribution in [-0.4, -0.2) is 10.2 Å². The lowest BCUT2D eigenvalue weighted by Gasteiger charge is -2.32. The highest BCUT2D eigenvalue weighted by atomic mass is 16.3. The molecule has 0 heterocycles. The summed E-state index contributed by atoms with van der Waals surface area (Å²) in [5.41, 5.74) is 3.09. The second kappa shape index (κ2) is 6.59. The summed E-state index contributed by atoms with van der Waals surface area (Å²) >= 11 is 0. The first-order valence-electron chi connectivity index (χ1n) is 9.18. The summed E-state index contributed by atoms with van der Waals surface area (Å²) in [5.74, 6) is 0.335. The van der Waals surface area contributed by atoms with Gasteiger partial charge in [-0.2, -0.15) is 5.26 Å². The van der Waals surface area contributed by atoms with E-state index in [1.807, 2.05) is 6.92 Å². The molecule has 1 aromatic carbocycles. The van der Waals surface area contributed by atoms with Crippen molar-refractivity contribution in [3.63, 3.8) is 0 Å². The normalized spacial score (nSPS) is 25.2. The molecule has 1 saturated carbocycles. The van der Waals surface area contributed by atoms with Crippen LogP contribution in [0.2, 0.25) is 0 Å². The van der Waals surface area contributed by atoms with E-state index in [1.54, 1.807) is 12.1 Å². The molecule has 0 radical (unpaired) electrons. The minimum Gasteiger partial charge on any atom is -0.507 e. The van der Waals surface area contributed by atoms with Gasteiger partial charge in [-0.15, -0.1) is 0 Å². The minimum atomic E-state index is -0.570. The van der Waals surface area contributed by atoms with Gasteiger partial charge in [-0.3, -0.25) is 0 Å². The molecule has 0 aliphatic heterocycles. The molecule has 2 aliphatic rings. The van der Waals surface area contributed by atoms with Gasteiger partial charge in [0.05, 0.1) is 11.5 Å². The lowest BCUT2D eigenvalue weighted by atomic mass is 9.72. The summed E-state index contributed by atoms with van der Waals surface area (Å²) < 4.78 is 0. The maximum Gasteiger partial charge on any atom is 0.123 e. The summed E-state index contributed by atoms with van der Waals surface area (Å²) in [4.78, 5) is 0. The van der Waals surface area contributed by atoms with Crippen LogP contribution in [0.1, 0.15) is 69.4 Å². The van der Waals surface area contributed by atoms with E-state index < -0.39 is 5.41 Å². The van der Waals surface area contributed by atoms with Crippen LogP contribution in [0.5, 0.6) is 11.5 Å². The van der Waals surface area contributed by atoms with Crippen LogP contribution in [0.4, 0.5) is 0 Å². The lowest BCUT2D eigenvalue weighted by molar-refractivity contribution is 0.403. The van der Waals surface area contributed by atoms with Gasteiger partial charge in [0.2, 0.25) is 0 Å². The van der Waals surface area contributed by atoms with Gasteiger partial charge in [-0.1, -0.05) is 36.6 Å². The van der Waals surface area contributed by atoms with E-state index in [0.29, 0.717) is 5.56 Å². The summed E-state index contributed by atoms with van der Waals surface area (Å²) in [7, 11) is 0. The van der Waals surface area contributed by atoms with E-state index in [1.165, 1.54) is 5.57 Å². The summed E-state index contributed by atoms with van der Waals surface area (Å²) in [6.07, 6.45) is 7.75. The molecule has 0 spiro atoms. The van der Waals surface area contributed by atoms with E-state index in [0.717, 1.165) is 49.7 Å². The highest BCUT2D eigenvalue weighted by Gasteiger charge is 2.38. The molecule has 1 aromatic rings. The topological polar surface area (TPSA) is 64.2 Å².